The van der Waals surface area contributed by atoms with E-state index in [4.69, 9.17) is 21.1 Å². The van der Waals surface area contributed by atoms with E-state index in [0.717, 1.165) is 21.3 Å². The summed E-state index contributed by atoms with van der Waals surface area (Å²) in [6.07, 6.45) is -0.247. The van der Waals surface area contributed by atoms with Crippen LogP contribution in [0.1, 0.15) is 43.7 Å². The largest absolute Gasteiger partial charge is 0.457 e. The van der Waals surface area contributed by atoms with Gasteiger partial charge in [0.1, 0.15) is 11.5 Å². The number of rotatable bonds is 10. The van der Waals surface area contributed by atoms with Gasteiger partial charge in [-0.25, -0.2) is 0 Å². The maximum absolute atomic E-state index is 12.2. The molecule has 0 aliphatic carbocycles. The Labute approximate surface area is 229 Å². The Hall–Kier alpha value is -3.36. The minimum Gasteiger partial charge on any atom is -0.457 e. The number of esters is 1. The van der Waals surface area contributed by atoms with Crippen molar-refractivity contribution in [2.45, 2.75) is 39.5 Å². The monoisotopic (exact) mass is 586 g/mol. The zero-order chi connectivity index (χ0) is 26.9. The van der Waals surface area contributed by atoms with Crippen LogP contribution < -0.4 is 15.4 Å². The second-order valence-electron chi connectivity index (χ2n) is 8.70. The Morgan fingerprint density at radius 3 is 2.32 bits per heavy atom. The van der Waals surface area contributed by atoms with Crippen molar-refractivity contribution in [3.8, 4) is 11.5 Å². The number of benzene rings is 3. The Kier molecular flexibility index (Phi) is 10.1. The zero-order valence-corrected chi connectivity index (χ0v) is 23.1. The quantitative estimate of drug-likeness (QED) is 0.244. The van der Waals surface area contributed by atoms with Crippen molar-refractivity contribution < 1.29 is 23.9 Å². The minimum absolute atomic E-state index is 0.0850. The number of carbonyl (C=O) groups excluding carboxylic acids is 3. The van der Waals surface area contributed by atoms with E-state index in [1.165, 1.54) is 0 Å². The molecule has 3 aromatic rings. The van der Waals surface area contributed by atoms with Crippen molar-refractivity contribution >= 4 is 56.7 Å². The fraction of sp³-hybridized carbons (Fsp3) is 0.250. The lowest BCUT2D eigenvalue weighted by molar-refractivity contribution is -0.147. The van der Waals surface area contributed by atoms with Crippen molar-refractivity contribution in [3.63, 3.8) is 0 Å². The SMILES string of the molecule is Cc1ccc(C(C)C)c(Oc2ccc(NC(=O)CCC(=O)OCC(=O)Nc3ccc(Br)cc3Cl)cc2)c1. The molecule has 7 nitrogen and oxygen atoms in total. The number of hydrogen-bond donors (Lipinski definition) is 2. The topological polar surface area (TPSA) is 93.7 Å². The third-order valence-corrected chi connectivity index (χ3v) is 6.09. The smallest absolute Gasteiger partial charge is 0.306 e. The van der Waals surface area contributed by atoms with Gasteiger partial charge in [0.25, 0.3) is 5.91 Å². The van der Waals surface area contributed by atoms with E-state index in [9.17, 15) is 14.4 Å². The molecule has 2 N–H and O–H groups in total. The highest BCUT2D eigenvalue weighted by Gasteiger charge is 2.13. The maximum atomic E-state index is 12.2. The van der Waals surface area contributed by atoms with Gasteiger partial charge < -0.3 is 20.1 Å². The summed E-state index contributed by atoms with van der Waals surface area (Å²) in [6.45, 7) is 5.76. The molecule has 3 rings (SSSR count). The van der Waals surface area contributed by atoms with Crippen LogP contribution in [0.2, 0.25) is 5.02 Å². The fourth-order valence-electron chi connectivity index (χ4n) is 3.37. The second-order valence-corrected chi connectivity index (χ2v) is 10.0. The summed E-state index contributed by atoms with van der Waals surface area (Å²) in [4.78, 5) is 36.2. The molecular formula is C28H28BrClN2O5. The number of ether oxygens (including phenoxy) is 2. The van der Waals surface area contributed by atoms with E-state index in [-0.39, 0.29) is 18.7 Å². The van der Waals surface area contributed by atoms with Crippen LogP contribution in [-0.4, -0.2) is 24.4 Å². The Morgan fingerprint density at radius 1 is 0.919 bits per heavy atom. The lowest BCUT2D eigenvalue weighted by atomic mass is 10.0. The first-order chi connectivity index (χ1) is 17.6. The molecule has 3 aromatic carbocycles. The van der Waals surface area contributed by atoms with Crippen molar-refractivity contribution in [1.29, 1.82) is 0 Å². The molecule has 194 valence electrons. The van der Waals surface area contributed by atoms with Crippen molar-refractivity contribution in [1.82, 2.24) is 0 Å². The Balaban J connectivity index is 1.42. The standard InChI is InChI=1S/C28H28BrClN2O5/c1-17(2)22-10-4-18(3)14-25(22)37-21-8-6-20(7-9-21)31-26(33)12-13-28(35)36-16-27(34)32-24-11-5-19(29)15-23(24)30/h4-11,14-15,17H,12-13,16H2,1-3H3,(H,31,33)(H,32,34). The first kappa shape index (κ1) is 28.2. The summed E-state index contributed by atoms with van der Waals surface area (Å²) in [5, 5.41) is 5.65. The maximum Gasteiger partial charge on any atom is 0.306 e. The second kappa shape index (κ2) is 13.3. The summed E-state index contributed by atoms with van der Waals surface area (Å²) in [6, 6.07) is 18.1. The molecule has 0 fully saturated rings. The number of anilines is 2. The van der Waals surface area contributed by atoms with Gasteiger partial charge in [-0.05, 0) is 72.5 Å². The van der Waals surface area contributed by atoms with Gasteiger partial charge in [0.05, 0.1) is 17.1 Å². The highest BCUT2D eigenvalue weighted by Crippen LogP contribution is 2.32. The number of carbonyl (C=O) groups is 3. The molecule has 0 bridgehead atoms. The van der Waals surface area contributed by atoms with Crippen LogP contribution in [-0.2, 0) is 19.1 Å². The summed E-state index contributed by atoms with van der Waals surface area (Å²) in [5.74, 6) is 0.235. The van der Waals surface area contributed by atoms with Crippen LogP contribution in [0.25, 0.3) is 0 Å². The molecule has 0 atom stereocenters. The molecule has 0 aliphatic rings. The lowest BCUT2D eigenvalue weighted by Crippen LogP contribution is -2.22. The molecule has 0 radical (unpaired) electrons. The van der Waals surface area contributed by atoms with Crippen molar-refractivity contribution in [3.05, 3.63) is 81.3 Å². The van der Waals surface area contributed by atoms with Gasteiger partial charge in [0.15, 0.2) is 6.61 Å². The van der Waals surface area contributed by atoms with Gasteiger partial charge in [-0.15, -0.1) is 0 Å². The average molecular weight is 588 g/mol. The van der Waals surface area contributed by atoms with E-state index in [1.54, 1.807) is 42.5 Å². The highest BCUT2D eigenvalue weighted by molar-refractivity contribution is 9.10. The predicted molar refractivity (Wildman–Crippen MR) is 148 cm³/mol. The number of amides is 2. The van der Waals surface area contributed by atoms with Crippen LogP contribution in [0.3, 0.4) is 0 Å². The van der Waals surface area contributed by atoms with Gasteiger partial charge in [0.2, 0.25) is 5.91 Å². The summed E-state index contributed by atoms with van der Waals surface area (Å²) < 4.78 is 11.8. The predicted octanol–water partition coefficient (Wildman–Crippen LogP) is 7.23. The van der Waals surface area contributed by atoms with Crippen LogP contribution in [0.4, 0.5) is 11.4 Å². The van der Waals surface area contributed by atoms with Crippen molar-refractivity contribution in [2.24, 2.45) is 0 Å². The normalized spacial score (nSPS) is 10.6. The third-order valence-electron chi connectivity index (χ3n) is 5.28. The molecule has 2 amide bonds. The molecule has 0 aliphatic heterocycles. The van der Waals surface area contributed by atoms with E-state index in [0.29, 0.717) is 28.1 Å². The fourth-order valence-corrected chi connectivity index (χ4v) is 4.10. The van der Waals surface area contributed by atoms with Crippen LogP contribution in [0.5, 0.6) is 11.5 Å². The van der Waals surface area contributed by atoms with Gasteiger partial charge >= 0.3 is 5.97 Å². The summed E-state index contributed by atoms with van der Waals surface area (Å²) >= 11 is 9.33. The molecule has 0 aromatic heterocycles. The Morgan fingerprint density at radius 2 is 1.65 bits per heavy atom. The first-order valence-corrected chi connectivity index (χ1v) is 12.9. The molecule has 0 unspecified atom stereocenters. The average Bonchev–Trinajstić information content (AvgIpc) is 2.84. The first-order valence-electron chi connectivity index (χ1n) is 11.7. The molecular weight excluding hydrogens is 560 g/mol. The van der Waals surface area contributed by atoms with E-state index in [2.05, 4.69) is 52.5 Å². The third kappa shape index (κ3) is 8.91. The molecule has 9 heteroatoms. The van der Waals surface area contributed by atoms with Crippen LogP contribution in [0, 0.1) is 6.92 Å². The molecule has 0 heterocycles. The number of halogens is 2. The van der Waals surface area contributed by atoms with Gasteiger partial charge in [-0.2, -0.15) is 0 Å². The highest BCUT2D eigenvalue weighted by atomic mass is 79.9. The van der Waals surface area contributed by atoms with E-state index < -0.39 is 18.5 Å². The van der Waals surface area contributed by atoms with E-state index in [1.807, 2.05) is 13.0 Å². The van der Waals surface area contributed by atoms with Crippen molar-refractivity contribution in [2.75, 3.05) is 17.2 Å². The lowest BCUT2D eigenvalue weighted by Gasteiger charge is -2.15. The molecule has 0 saturated heterocycles. The molecule has 0 spiro atoms. The summed E-state index contributed by atoms with van der Waals surface area (Å²) in [7, 11) is 0. The number of aryl methyl sites for hydroxylation is 1. The van der Waals surface area contributed by atoms with E-state index >= 15 is 0 Å². The van der Waals surface area contributed by atoms with Gasteiger partial charge in [-0.1, -0.05) is 53.5 Å². The zero-order valence-electron chi connectivity index (χ0n) is 20.8. The number of hydrogen-bond acceptors (Lipinski definition) is 5. The summed E-state index contributed by atoms with van der Waals surface area (Å²) in [5.41, 5.74) is 3.20. The van der Waals surface area contributed by atoms with Gasteiger partial charge in [-0.3, -0.25) is 14.4 Å². The van der Waals surface area contributed by atoms with Gasteiger partial charge in [0, 0.05) is 16.6 Å². The Bertz CT molecular complexity index is 1280. The minimum atomic E-state index is -0.657. The van der Waals surface area contributed by atoms with Crippen LogP contribution >= 0.6 is 27.5 Å². The molecule has 37 heavy (non-hydrogen) atoms. The number of nitrogens with one attached hydrogen (secondary N) is 2. The van der Waals surface area contributed by atoms with Crippen LogP contribution in [0.15, 0.2) is 65.1 Å². The molecule has 0 saturated carbocycles.